The van der Waals surface area contributed by atoms with Gasteiger partial charge in [-0.25, -0.2) is 0 Å². The van der Waals surface area contributed by atoms with Crippen molar-refractivity contribution in [3.8, 4) is 0 Å². The van der Waals surface area contributed by atoms with E-state index in [1.54, 1.807) is 6.20 Å². The highest BCUT2D eigenvalue weighted by atomic mass is 16.2. The van der Waals surface area contributed by atoms with Crippen molar-refractivity contribution >= 4 is 5.91 Å². The second kappa shape index (κ2) is 8.00. The maximum absolute atomic E-state index is 12.4. The first-order valence-electron chi connectivity index (χ1n) is 7.68. The number of amides is 1. The summed E-state index contributed by atoms with van der Waals surface area (Å²) in [7, 11) is 0. The molecule has 1 aliphatic heterocycles. The van der Waals surface area contributed by atoms with E-state index in [1.807, 2.05) is 23.1 Å². The molecule has 1 fully saturated rings. The van der Waals surface area contributed by atoms with Gasteiger partial charge < -0.3 is 10.2 Å². The van der Waals surface area contributed by atoms with Crippen LogP contribution in [0.5, 0.6) is 0 Å². The van der Waals surface area contributed by atoms with Crippen molar-refractivity contribution in [2.45, 2.75) is 32.6 Å². The largest absolute Gasteiger partial charge is 0.342 e. The molecular formula is C16H25N3O. The SMILES string of the molecule is CCCN(CC1CCNCC1)C(=O)Cc1ccccn1. The highest BCUT2D eigenvalue weighted by molar-refractivity contribution is 5.78. The molecule has 1 amide bonds. The molecule has 0 bridgehead atoms. The summed E-state index contributed by atoms with van der Waals surface area (Å²) in [4.78, 5) is 18.7. The van der Waals surface area contributed by atoms with Gasteiger partial charge in [0, 0.05) is 25.0 Å². The van der Waals surface area contributed by atoms with E-state index in [2.05, 4.69) is 17.2 Å². The minimum Gasteiger partial charge on any atom is -0.342 e. The third kappa shape index (κ3) is 4.60. The molecule has 1 aromatic rings. The Hall–Kier alpha value is -1.42. The van der Waals surface area contributed by atoms with E-state index >= 15 is 0 Å². The fourth-order valence-corrected chi connectivity index (χ4v) is 2.73. The first kappa shape index (κ1) is 15.0. The summed E-state index contributed by atoms with van der Waals surface area (Å²) in [6.45, 7) is 6.05. The van der Waals surface area contributed by atoms with Gasteiger partial charge >= 0.3 is 0 Å². The predicted octanol–water partition coefficient (Wildman–Crippen LogP) is 1.86. The van der Waals surface area contributed by atoms with E-state index in [0.717, 1.165) is 38.3 Å². The first-order valence-corrected chi connectivity index (χ1v) is 7.68. The van der Waals surface area contributed by atoms with Crippen molar-refractivity contribution < 1.29 is 4.79 Å². The maximum Gasteiger partial charge on any atom is 0.228 e. The molecule has 0 atom stereocenters. The van der Waals surface area contributed by atoms with Gasteiger partial charge in [0.05, 0.1) is 6.42 Å². The number of carbonyl (C=O) groups excluding carboxylic acids is 1. The number of aromatic nitrogens is 1. The first-order chi connectivity index (χ1) is 9.79. The zero-order chi connectivity index (χ0) is 14.2. The molecule has 1 aromatic heterocycles. The van der Waals surface area contributed by atoms with E-state index in [-0.39, 0.29) is 5.91 Å². The summed E-state index contributed by atoms with van der Waals surface area (Å²) in [6.07, 6.45) is 5.54. The summed E-state index contributed by atoms with van der Waals surface area (Å²) < 4.78 is 0. The zero-order valence-corrected chi connectivity index (χ0v) is 12.3. The Morgan fingerprint density at radius 3 is 2.85 bits per heavy atom. The van der Waals surface area contributed by atoms with Gasteiger partial charge in [-0.1, -0.05) is 13.0 Å². The van der Waals surface area contributed by atoms with Gasteiger partial charge in [0.1, 0.15) is 0 Å². The molecule has 2 heterocycles. The van der Waals surface area contributed by atoms with Crippen LogP contribution in [-0.2, 0) is 11.2 Å². The van der Waals surface area contributed by atoms with E-state index in [1.165, 1.54) is 12.8 Å². The molecule has 0 radical (unpaired) electrons. The summed E-state index contributed by atoms with van der Waals surface area (Å²) in [5.74, 6) is 0.861. The molecule has 1 aliphatic rings. The molecule has 1 N–H and O–H groups in total. The molecule has 0 aliphatic carbocycles. The molecule has 110 valence electrons. The van der Waals surface area contributed by atoms with Gasteiger partial charge in [0.2, 0.25) is 5.91 Å². The van der Waals surface area contributed by atoms with Gasteiger partial charge in [-0.15, -0.1) is 0 Å². The summed E-state index contributed by atoms with van der Waals surface area (Å²) in [6, 6.07) is 5.74. The average molecular weight is 275 g/mol. The monoisotopic (exact) mass is 275 g/mol. The fraction of sp³-hybridized carbons (Fsp3) is 0.625. The smallest absolute Gasteiger partial charge is 0.228 e. The minimum absolute atomic E-state index is 0.212. The second-order valence-corrected chi connectivity index (χ2v) is 5.53. The summed E-state index contributed by atoms with van der Waals surface area (Å²) >= 11 is 0. The lowest BCUT2D eigenvalue weighted by molar-refractivity contribution is -0.131. The molecule has 4 nitrogen and oxygen atoms in total. The number of hydrogen-bond acceptors (Lipinski definition) is 3. The number of carbonyl (C=O) groups is 1. The van der Waals surface area contributed by atoms with Gasteiger partial charge in [-0.2, -0.15) is 0 Å². The Balaban J connectivity index is 1.90. The molecule has 2 rings (SSSR count). The van der Waals surface area contributed by atoms with Crippen molar-refractivity contribution in [2.75, 3.05) is 26.2 Å². The van der Waals surface area contributed by atoms with Crippen LogP contribution in [0.25, 0.3) is 0 Å². The van der Waals surface area contributed by atoms with Crippen LogP contribution < -0.4 is 5.32 Å². The summed E-state index contributed by atoms with van der Waals surface area (Å²) in [5.41, 5.74) is 0.865. The van der Waals surface area contributed by atoms with Crippen LogP contribution in [-0.4, -0.2) is 42.0 Å². The van der Waals surface area contributed by atoms with Crippen molar-refractivity contribution in [3.05, 3.63) is 30.1 Å². The van der Waals surface area contributed by atoms with Crippen LogP contribution in [0.1, 0.15) is 31.9 Å². The van der Waals surface area contributed by atoms with Gasteiger partial charge in [-0.05, 0) is 50.4 Å². The van der Waals surface area contributed by atoms with Crippen LogP contribution in [0.3, 0.4) is 0 Å². The lowest BCUT2D eigenvalue weighted by Gasteiger charge is -2.30. The van der Waals surface area contributed by atoms with Gasteiger partial charge in [0.15, 0.2) is 0 Å². The van der Waals surface area contributed by atoms with Crippen LogP contribution in [0, 0.1) is 5.92 Å². The molecule has 0 unspecified atom stereocenters. The van der Waals surface area contributed by atoms with Crippen LogP contribution >= 0.6 is 0 Å². The Bertz CT molecular complexity index is 401. The Labute approximate surface area is 121 Å². The van der Waals surface area contributed by atoms with Crippen LogP contribution in [0.15, 0.2) is 24.4 Å². The van der Waals surface area contributed by atoms with E-state index < -0.39 is 0 Å². The standard InChI is InChI=1S/C16H25N3O/c1-2-11-19(13-14-6-9-17-10-7-14)16(20)12-15-5-3-4-8-18-15/h3-5,8,14,17H,2,6-7,9-13H2,1H3. The fourth-order valence-electron chi connectivity index (χ4n) is 2.73. The lowest BCUT2D eigenvalue weighted by Crippen LogP contribution is -2.40. The Morgan fingerprint density at radius 1 is 1.40 bits per heavy atom. The predicted molar refractivity (Wildman–Crippen MR) is 80.4 cm³/mol. The van der Waals surface area contributed by atoms with Crippen molar-refractivity contribution in [3.63, 3.8) is 0 Å². The van der Waals surface area contributed by atoms with Crippen LogP contribution in [0.2, 0.25) is 0 Å². The molecule has 1 saturated heterocycles. The Kier molecular flexibility index (Phi) is 5.99. The molecule has 20 heavy (non-hydrogen) atoms. The molecule has 0 saturated carbocycles. The van der Waals surface area contributed by atoms with Gasteiger partial charge in [-0.3, -0.25) is 9.78 Å². The summed E-state index contributed by atoms with van der Waals surface area (Å²) in [5, 5.41) is 3.38. The van der Waals surface area contributed by atoms with E-state index in [9.17, 15) is 4.79 Å². The van der Waals surface area contributed by atoms with Crippen molar-refractivity contribution in [1.29, 1.82) is 0 Å². The normalized spacial score (nSPS) is 16.1. The number of pyridine rings is 1. The van der Waals surface area contributed by atoms with E-state index in [0.29, 0.717) is 12.3 Å². The number of hydrogen-bond donors (Lipinski definition) is 1. The zero-order valence-electron chi connectivity index (χ0n) is 12.3. The molecular weight excluding hydrogens is 250 g/mol. The second-order valence-electron chi connectivity index (χ2n) is 5.53. The Morgan fingerprint density at radius 2 is 2.20 bits per heavy atom. The maximum atomic E-state index is 12.4. The third-order valence-corrected chi connectivity index (χ3v) is 3.84. The number of nitrogens with one attached hydrogen (secondary N) is 1. The highest BCUT2D eigenvalue weighted by Gasteiger charge is 2.20. The molecule has 0 aromatic carbocycles. The quantitative estimate of drug-likeness (QED) is 0.862. The highest BCUT2D eigenvalue weighted by Crippen LogP contribution is 2.14. The average Bonchev–Trinajstić information content (AvgIpc) is 2.49. The van der Waals surface area contributed by atoms with Crippen molar-refractivity contribution in [2.24, 2.45) is 5.92 Å². The van der Waals surface area contributed by atoms with Gasteiger partial charge in [0.25, 0.3) is 0 Å². The third-order valence-electron chi connectivity index (χ3n) is 3.84. The topological polar surface area (TPSA) is 45.2 Å². The number of rotatable bonds is 6. The minimum atomic E-state index is 0.212. The van der Waals surface area contributed by atoms with E-state index in [4.69, 9.17) is 0 Å². The van der Waals surface area contributed by atoms with Crippen LogP contribution in [0.4, 0.5) is 0 Å². The molecule has 4 heteroatoms. The number of piperidine rings is 1. The lowest BCUT2D eigenvalue weighted by atomic mass is 9.97. The van der Waals surface area contributed by atoms with Crippen molar-refractivity contribution in [1.82, 2.24) is 15.2 Å². The number of nitrogens with zero attached hydrogens (tertiary/aromatic N) is 2. The molecule has 0 spiro atoms.